The number of piperazine rings is 1. The molecule has 0 aromatic heterocycles. The van der Waals surface area contributed by atoms with Crippen LogP contribution in [-0.2, 0) is 32.1 Å². The van der Waals surface area contributed by atoms with Gasteiger partial charge in [-0.3, -0.25) is 19.3 Å². The molecule has 3 N–H and O–H groups in total. The number of carbonyl (C=O) groups is 4. The molecule has 2 fully saturated rings. The summed E-state index contributed by atoms with van der Waals surface area (Å²) in [6.45, 7) is 0.531. The van der Waals surface area contributed by atoms with Crippen LogP contribution in [0.1, 0.15) is 25.0 Å². The van der Waals surface area contributed by atoms with Crippen LogP contribution in [0.5, 0.6) is 0 Å². The van der Waals surface area contributed by atoms with Crippen LogP contribution in [0, 0.1) is 0 Å². The highest BCUT2D eigenvalue weighted by Gasteiger charge is 2.61. The second kappa shape index (κ2) is 12.1. The number of benzene rings is 2. The molecule has 2 heterocycles. The van der Waals surface area contributed by atoms with Crippen molar-refractivity contribution in [3.8, 4) is 0 Å². The molecule has 0 saturated carbocycles. The van der Waals surface area contributed by atoms with Gasteiger partial charge in [-0.05, 0) is 25.0 Å². The summed E-state index contributed by atoms with van der Waals surface area (Å²) < 4.78 is 45.8. The first-order valence-electron chi connectivity index (χ1n) is 13.5. The summed E-state index contributed by atoms with van der Waals surface area (Å²) in [7, 11) is 0. The molecule has 2 aliphatic rings. The van der Waals surface area contributed by atoms with Gasteiger partial charge in [-0.2, -0.15) is 13.2 Å². The van der Waals surface area contributed by atoms with Gasteiger partial charge in [-0.15, -0.1) is 0 Å². The third-order valence-electron chi connectivity index (χ3n) is 7.24. The second-order valence-corrected chi connectivity index (χ2v) is 11.1. The third-order valence-corrected chi connectivity index (χ3v) is 7.24. The molecule has 2 aliphatic heterocycles. The summed E-state index contributed by atoms with van der Waals surface area (Å²) >= 11 is 0. The largest absolute Gasteiger partial charge is 0.406 e. The fourth-order valence-electron chi connectivity index (χ4n) is 5.14. The van der Waals surface area contributed by atoms with Crippen molar-refractivity contribution in [2.24, 2.45) is 5.73 Å². The van der Waals surface area contributed by atoms with E-state index < -0.39 is 53.6 Å². The Morgan fingerprint density at radius 1 is 1.00 bits per heavy atom. The Bertz CT molecular complexity index is 1300. The zero-order valence-corrected chi connectivity index (χ0v) is 23.4. The number of amides is 5. The smallest absolute Gasteiger partial charge is 0.374 e. The predicted molar refractivity (Wildman–Crippen MR) is 146 cm³/mol. The first kappa shape index (κ1) is 31.0. The van der Waals surface area contributed by atoms with Gasteiger partial charge in [0.15, 0.2) is 0 Å². The summed E-state index contributed by atoms with van der Waals surface area (Å²) in [6, 6.07) is 15.5. The van der Waals surface area contributed by atoms with Crippen LogP contribution in [0.25, 0.3) is 0 Å². The summed E-state index contributed by atoms with van der Waals surface area (Å²) in [5.74, 6) is -2.26. The van der Waals surface area contributed by atoms with Gasteiger partial charge < -0.3 is 25.6 Å². The van der Waals surface area contributed by atoms with E-state index in [1.807, 2.05) is 30.3 Å². The normalized spacial score (nSPS) is 20.0. The van der Waals surface area contributed by atoms with E-state index in [1.54, 1.807) is 30.3 Å². The molecule has 42 heavy (non-hydrogen) atoms. The number of ether oxygens (including phenoxy) is 1. The lowest BCUT2D eigenvalue weighted by atomic mass is 9.86. The zero-order chi connectivity index (χ0) is 30.7. The minimum Gasteiger partial charge on any atom is -0.374 e. The number of hydrogen-bond acceptors (Lipinski definition) is 6. The lowest BCUT2D eigenvalue weighted by Crippen LogP contribution is -2.67. The van der Waals surface area contributed by atoms with Gasteiger partial charge in [0.2, 0.25) is 11.8 Å². The minimum absolute atomic E-state index is 0.0642. The molecule has 13 heteroatoms. The number of alkyl halides is 3. The van der Waals surface area contributed by atoms with Gasteiger partial charge >= 0.3 is 12.2 Å². The fraction of sp³-hybridized carbons (Fsp3) is 0.448. The minimum atomic E-state index is -4.80. The van der Waals surface area contributed by atoms with E-state index in [4.69, 9.17) is 10.5 Å². The third kappa shape index (κ3) is 6.90. The van der Waals surface area contributed by atoms with Gasteiger partial charge in [0.05, 0.1) is 25.3 Å². The highest BCUT2D eigenvalue weighted by Crippen LogP contribution is 2.37. The Morgan fingerprint density at radius 3 is 2.17 bits per heavy atom. The molecular weight excluding hydrogens is 555 g/mol. The van der Waals surface area contributed by atoms with Crippen LogP contribution < -0.4 is 11.1 Å². The zero-order valence-electron chi connectivity index (χ0n) is 23.4. The van der Waals surface area contributed by atoms with Crippen molar-refractivity contribution in [3.63, 3.8) is 0 Å². The number of hydrogen-bond donors (Lipinski definition) is 2. The molecule has 4 rings (SSSR count). The van der Waals surface area contributed by atoms with E-state index in [9.17, 15) is 32.3 Å². The van der Waals surface area contributed by atoms with Gasteiger partial charge in [0, 0.05) is 19.5 Å². The summed E-state index contributed by atoms with van der Waals surface area (Å²) in [5.41, 5.74) is 4.30. The lowest BCUT2D eigenvalue weighted by Gasteiger charge is -2.45. The molecule has 2 atom stereocenters. The van der Waals surface area contributed by atoms with Crippen LogP contribution in [0.3, 0.4) is 0 Å². The molecule has 0 spiro atoms. The molecule has 2 aromatic carbocycles. The Balaban J connectivity index is 1.61. The average Bonchev–Trinajstić information content (AvgIpc) is 3.12. The number of rotatable bonds is 10. The van der Waals surface area contributed by atoms with Crippen molar-refractivity contribution in [3.05, 3.63) is 71.8 Å². The van der Waals surface area contributed by atoms with E-state index in [0.717, 1.165) is 10.5 Å². The first-order valence-corrected chi connectivity index (χ1v) is 13.5. The number of urea groups is 1. The van der Waals surface area contributed by atoms with Crippen LogP contribution >= 0.6 is 0 Å². The number of imide groups is 1. The molecule has 0 aliphatic carbocycles. The average molecular weight is 590 g/mol. The van der Waals surface area contributed by atoms with Crippen LogP contribution in [-0.4, -0.2) is 94.5 Å². The maximum atomic E-state index is 13.9. The van der Waals surface area contributed by atoms with Crippen LogP contribution in [0.4, 0.5) is 18.0 Å². The molecule has 2 saturated heterocycles. The molecule has 226 valence electrons. The number of halogens is 3. The summed E-state index contributed by atoms with van der Waals surface area (Å²) in [4.78, 5) is 56.0. The summed E-state index contributed by atoms with van der Waals surface area (Å²) in [6.07, 6.45) is -4.90. The number of nitrogens with two attached hydrogens (primary N) is 1. The summed E-state index contributed by atoms with van der Waals surface area (Å²) in [5, 5.41) is 2.62. The van der Waals surface area contributed by atoms with E-state index in [2.05, 4.69) is 5.32 Å². The van der Waals surface area contributed by atoms with Gasteiger partial charge in [0.1, 0.15) is 18.1 Å². The number of fused-ring (bicyclic) bond motifs is 1. The predicted octanol–water partition coefficient (Wildman–Crippen LogP) is 2.08. The van der Waals surface area contributed by atoms with Crippen molar-refractivity contribution in [2.45, 2.75) is 50.2 Å². The maximum absolute atomic E-state index is 13.9. The van der Waals surface area contributed by atoms with Gasteiger partial charge in [-0.25, -0.2) is 4.79 Å². The monoisotopic (exact) mass is 589 g/mol. The van der Waals surface area contributed by atoms with E-state index in [1.165, 1.54) is 18.7 Å². The molecule has 0 bridgehead atoms. The molecule has 5 amide bonds. The van der Waals surface area contributed by atoms with E-state index in [0.29, 0.717) is 5.56 Å². The Hall–Kier alpha value is -3.97. The second-order valence-electron chi connectivity index (χ2n) is 11.1. The quantitative estimate of drug-likeness (QED) is 0.409. The van der Waals surface area contributed by atoms with E-state index in [-0.39, 0.29) is 44.2 Å². The Kier molecular flexibility index (Phi) is 8.92. The SMILES string of the molecule is CC(C)(N)C(=O)N[C@H](COCc1ccccc1)C(=O)N1CCN2C(=O)N(CC(F)(F)F)C(=O)[C@]2(Cc2ccccc2)C1. The standard InChI is InChI=1S/C29H34F3N5O5/c1-27(2,33)24(39)34-22(17-42-16-21-11-7-4-8-12-21)23(38)35-13-14-37-26(41)36(19-29(30,31)32)25(40)28(37,18-35)15-20-9-5-3-6-10-20/h3-12,22H,13-19,33H2,1-2H3,(H,34,39)/t22-,28+/m1/s1. The van der Waals surface area contributed by atoms with Gasteiger partial charge in [0.25, 0.3) is 5.91 Å². The number of carbonyl (C=O) groups excluding carboxylic acids is 4. The van der Waals surface area contributed by atoms with E-state index >= 15 is 0 Å². The van der Waals surface area contributed by atoms with Crippen LogP contribution in [0.2, 0.25) is 0 Å². The molecule has 0 radical (unpaired) electrons. The lowest BCUT2D eigenvalue weighted by molar-refractivity contribution is -0.157. The van der Waals surface area contributed by atoms with Crippen LogP contribution in [0.15, 0.2) is 60.7 Å². The molecule has 10 nitrogen and oxygen atoms in total. The van der Waals surface area contributed by atoms with Gasteiger partial charge in [-0.1, -0.05) is 60.7 Å². The van der Waals surface area contributed by atoms with Crippen molar-refractivity contribution < 1.29 is 37.1 Å². The molecule has 2 aromatic rings. The number of nitrogens with zero attached hydrogens (tertiary/aromatic N) is 3. The Labute approximate surface area is 241 Å². The molecule has 0 unspecified atom stereocenters. The number of nitrogens with one attached hydrogen (secondary N) is 1. The topological polar surface area (TPSA) is 125 Å². The van der Waals surface area contributed by atoms with Crippen molar-refractivity contribution in [1.82, 2.24) is 20.0 Å². The molecular formula is C29H34F3N5O5. The Morgan fingerprint density at radius 2 is 1.60 bits per heavy atom. The fourth-order valence-corrected chi connectivity index (χ4v) is 5.14. The maximum Gasteiger partial charge on any atom is 0.406 e. The van der Waals surface area contributed by atoms with Crippen molar-refractivity contribution in [1.29, 1.82) is 0 Å². The van der Waals surface area contributed by atoms with Crippen molar-refractivity contribution >= 4 is 23.8 Å². The van der Waals surface area contributed by atoms with Crippen molar-refractivity contribution in [2.75, 3.05) is 32.8 Å². The first-order chi connectivity index (χ1) is 19.7. The highest BCUT2D eigenvalue weighted by atomic mass is 19.4. The highest BCUT2D eigenvalue weighted by molar-refractivity contribution is 6.08.